The van der Waals surface area contributed by atoms with E-state index in [2.05, 4.69) is 5.32 Å². The topological polar surface area (TPSA) is 56.8 Å². The van der Waals surface area contributed by atoms with E-state index in [0.717, 1.165) is 5.56 Å². The van der Waals surface area contributed by atoms with E-state index in [0.29, 0.717) is 23.7 Å². The Bertz CT molecular complexity index is 961. The first-order valence-corrected chi connectivity index (χ1v) is 9.57. The van der Waals surface area contributed by atoms with Crippen molar-refractivity contribution < 1.29 is 23.4 Å². The molecule has 0 aliphatic rings. The smallest absolute Gasteiger partial charge is 0.258 e. The quantitative estimate of drug-likeness (QED) is 0.558. The third kappa shape index (κ3) is 5.98. The van der Waals surface area contributed by atoms with Gasteiger partial charge in [-0.15, -0.1) is 0 Å². The van der Waals surface area contributed by atoms with E-state index >= 15 is 0 Å². The number of rotatable bonds is 9. The lowest BCUT2D eigenvalue weighted by Crippen LogP contribution is -2.31. The SMILES string of the molecule is COc1ccc([C@@H](C)NC(=O)COc2ccc(OCc3ccccc3)cc2)cc1F. The molecule has 1 N–H and O–H groups in total. The number of methoxy groups -OCH3 is 1. The van der Waals surface area contributed by atoms with Crippen LogP contribution in [0.2, 0.25) is 0 Å². The van der Waals surface area contributed by atoms with Crippen molar-refractivity contribution in [1.82, 2.24) is 5.32 Å². The summed E-state index contributed by atoms with van der Waals surface area (Å²) in [5.41, 5.74) is 1.72. The molecular weight excluding hydrogens is 385 g/mol. The van der Waals surface area contributed by atoms with E-state index in [9.17, 15) is 9.18 Å². The number of nitrogens with one attached hydrogen (secondary N) is 1. The number of amides is 1. The minimum Gasteiger partial charge on any atom is -0.494 e. The van der Waals surface area contributed by atoms with Crippen molar-refractivity contribution in [3.05, 3.63) is 89.7 Å². The molecule has 3 aromatic carbocycles. The maximum Gasteiger partial charge on any atom is 0.258 e. The molecular formula is C24H24FNO4. The fourth-order valence-electron chi connectivity index (χ4n) is 2.84. The Morgan fingerprint density at radius 2 is 1.63 bits per heavy atom. The summed E-state index contributed by atoms with van der Waals surface area (Å²) < 4.78 is 30.0. The molecule has 1 atom stereocenters. The lowest BCUT2D eigenvalue weighted by atomic mass is 10.1. The van der Waals surface area contributed by atoms with Gasteiger partial charge in [0.15, 0.2) is 18.2 Å². The van der Waals surface area contributed by atoms with Crippen molar-refractivity contribution in [3.8, 4) is 17.2 Å². The number of ether oxygens (including phenoxy) is 3. The van der Waals surface area contributed by atoms with Crippen LogP contribution < -0.4 is 19.5 Å². The molecule has 0 spiro atoms. The van der Waals surface area contributed by atoms with Crippen molar-refractivity contribution in [2.75, 3.05) is 13.7 Å². The number of benzene rings is 3. The van der Waals surface area contributed by atoms with Crippen molar-refractivity contribution in [2.24, 2.45) is 0 Å². The maximum absolute atomic E-state index is 13.8. The van der Waals surface area contributed by atoms with Crippen molar-refractivity contribution >= 4 is 5.91 Å². The van der Waals surface area contributed by atoms with Gasteiger partial charge < -0.3 is 19.5 Å². The second-order valence-corrected chi connectivity index (χ2v) is 6.72. The summed E-state index contributed by atoms with van der Waals surface area (Å²) in [4.78, 5) is 12.2. The average Bonchev–Trinajstić information content (AvgIpc) is 2.77. The third-order valence-electron chi connectivity index (χ3n) is 4.50. The predicted molar refractivity (Wildman–Crippen MR) is 112 cm³/mol. The summed E-state index contributed by atoms with van der Waals surface area (Å²) in [5, 5.41) is 2.78. The molecule has 0 radical (unpaired) electrons. The third-order valence-corrected chi connectivity index (χ3v) is 4.50. The Kier molecular flexibility index (Phi) is 7.27. The van der Waals surface area contributed by atoms with E-state index in [4.69, 9.17) is 14.2 Å². The standard InChI is InChI=1S/C24H24FNO4/c1-17(19-8-13-23(28-2)22(25)14-19)26-24(27)16-30-21-11-9-20(10-12-21)29-15-18-6-4-3-5-7-18/h3-14,17H,15-16H2,1-2H3,(H,26,27)/t17-/m1/s1. The Hall–Kier alpha value is -3.54. The molecule has 156 valence electrons. The summed E-state index contributed by atoms with van der Waals surface area (Å²) in [6.07, 6.45) is 0. The summed E-state index contributed by atoms with van der Waals surface area (Å²) in [5.74, 6) is 0.660. The Labute approximate surface area is 175 Å². The highest BCUT2D eigenvalue weighted by atomic mass is 19.1. The first-order chi connectivity index (χ1) is 14.5. The summed E-state index contributed by atoms with van der Waals surface area (Å²) >= 11 is 0. The summed E-state index contributed by atoms with van der Waals surface area (Å²) in [7, 11) is 1.41. The monoisotopic (exact) mass is 409 g/mol. The zero-order chi connectivity index (χ0) is 21.3. The molecule has 1 amide bonds. The van der Waals surface area contributed by atoms with Crippen LogP contribution in [0.1, 0.15) is 24.1 Å². The zero-order valence-electron chi connectivity index (χ0n) is 16.9. The van der Waals surface area contributed by atoms with E-state index < -0.39 is 5.82 Å². The van der Waals surface area contributed by atoms with Crippen molar-refractivity contribution in [1.29, 1.82) is 0 Å². The normalized spacial score (nSPS) is 11.4. The van der Waals surface area contributed by atoms with Crippen molar-refractivity contribution in [2.45, 2.75) is 19.6 Å². The molecule has 0 bridgehead atoms. The molecule has 0 saturated heterocycles. The van der Waals surface area contributed by atoms with Crippen LogP contribution in [-0.4, -0.2) is 19.6 Å². The lowest BCUT2D eigenvalue weighted by Gasteiger charge is -2.15. The molecule has 3 rings (SSSR count). The number of carbonyl (C=O) groups excluding carboxylic acids is 1. The largest absolute Gasteiger partial charge is 0.494 e. The van der Waals surface area contributed by atoms with Crippen LogP contribution >= 0.6 is 0 Å². The number of carbonyl (C=O) groups is 1. The predicted octanol–water partition coefficient (Wildman–Crippen LogP) is 4.67. The molecule has 30 heavy (non-hydrogen) atoms. The van der Waals surface area contributed by atoms with Crippen LogP contribution in [0.25, 0.3) is 0 Å². The van der Waals surface area contributed by atoms with Crippen LogP contribution in [-0.2, 0) is 11.4 Å². The molecule has 3 aromatic rings. The van der Waals surface area contributed by atoms with E-state index in [-0.39, 0.29) is 24.3 Å². The molecule has 6 heteroatoms. The van der Waals surface area contributed by atoms with Crippen LogP contribution in [0.15, 0.2) is 72.8 Å². The fourth-order valence-corrected chi connectivity index (χ4v) is 2.84. The van der Waals surface area contributed by atoms with E-state index in [1.165, 1.54) is 19.2 Å². The average molecular weight is 409 g/mol. The first kappa shape index (κ1) is 21.2. The molecule has 0 aliphatic carbocycles. The molecule has 5 nitrogen and oxygen atoms in total. The first-order valence-electron chi connectivity index (χ1n) is 9.57. The Morgan fingerprint density at radius 3 is 2.27 bits per heavy atom. The Balaban J connectivity index is 1.45. The van der Waals surface area contributed by atoms with E-state index in [1.54, 1.807) is 37.3 Å². The summed E-state index contributed by atoms with van der Waals surface area (Å²) in [6.45, 7) is 2.11. The van der Waals surface area contributed by atoms with Gasteiger partial charge in [-0.25, -0.2) is 4.39 Å². The molecule has 0 saturated carbocycles. The van der Waals surface area contributed by atoms with Crippen LogP contribution in [0, 0.1) is 5.82 Å². The maximum atomic E-state index is 13.8. The van der Waals surface area contributed by atoms with Gasteiger partial charge in [0.1, 0.15) is 18.1 Å². The van der Waals surface area contributed by atoms with Crippen LogP contribution in [0.3, 0.4) is 0 Å². The second-order valence-electron chi connectivity index (χ2n) is 6.72. The highest BCUT2D eigenvalue weighted by Crippen LogP contribution is 2.22. The molecule has 0 heterocycles. The van der Waals surface area contributed by atoms with Gasteiger partial charge in [-0.1, -0.05) is 36.4 Å². The lowest BCUT2D eigenvalue weighted by molar-refractivity contribution is -0.123. The van der Waals surface area contributed by atoms with Gasteiger partial charge in [-0.2, -0.15) is 0 Å². The number of hydrogen-bond donors (Lipinski definition) is 1. The highest BCUT2D eigenvalue weighted by molar-refractivity contribution is 5.78. The Morgan fingerprint density at radius 1 is 0.967 bits per heavy atom. The number of hydrogen-bond acceptors (Lipinski definition) is 4. The molecule has 0 unspecified atom stereocenters. The molecule has 0 aliphatic heterocycles. The van der Waals surface area contributed by atoms with Gasteiger partial charge in [0.05, 0.1) is 13.2 Å². The number of halogens is 1. The van der Waals surface area contributed by atoms with Gasteiger partial charge in [0.2, 0.25) is 0 Å². The van der Waals surface area contributed by atoms with Crippen LogP contribution in [0.4, 0.5) is 4.39 Å². The van der Waals surface area contributed by atoms with Crippen molar-refractivity contribution in [3.63, 3.8) is 0 Å². The second kappa shape index (κ2) is 10.3. The fraction of sp³-hybridized carbons (Fsp3) is 0.208. The van der Waals surface area contributed by atoms with Crippen LogP contribution in [0.5, 0.6) is 17.2 Å². The minimum absolute atomic E-state index is 0.146. The van der Waals surface area contributed by atoms with Gasteiger partial charge in [-0.05, 0) is 54.4 Å². The molecule has 0 aromatic heterocycles. The van der Waals surface area contributed by atoms with Gasteiger partial charge in [-0.3, -0.25) is 4.79 Å². The highest BCUT2D eigenvalue weighted by Gasteiger charge is 2.13. The van der Waals surface area contributed by atoms with Gasteiger partial charge in [0.25, 0.3) is 5.91 Å². The van der Waals surface area contributed by atoms with Gasteiger partial charge >= 0.3 is 0 Å². The summed E-state index contributed by atoms with van der Waals surface area (Å²) in [6, 6.07) is 21.2. The van der Waals surface area contributed by atoms with E-state index in [1.807, 2.05) is 30.3 Å². The molecule has 0 fully saturated rings. The van der Waals surface area contributed by atoms with Gasteiger partial charge in [0, 0.05) is 0 Å². The zero-order valence-corrected chi connectivity index (χ0v) is 16.9. The minimum atomic E-state index is -0.470.